The summed E-state index contributed by atoms with van der Waals surface area (Å²) in [6.07, 6.45) is 24.6. The van der Waals surface area contributed by atoms with Gasteiger partial charge in [-0.1, -0.05) is 77.2 Å². The highest BCUT2D eigenvalue weighted by Crippen LogP contribution is 2.13. The Hall–Kier alpha value is -0.300. The third-order valence-electron chi connectivity index (χ3n) is 5.29. The van der Waals surface area contributed by atoms with Crippen LogP contribution in [0.4, 0.5) is 0 Å². The maximum atomic E-state index is 3.79. The van der Waals surface area contributed by atoms with E-state index in [1.165, 1.54) is 120 Å². The van der Waals surface area contributed by atoms with Crippen molar-refractivity contribution in [3.63, 3.8) is 0 Å². The van der Waals surface area contributed by atoms with Crippen LogP contribution in [0.15, 0.2) is 12.7 Å². The molecule has 0 aliphatic rings. The van der Waals surface area contributed by atoms with E-state index in [9.17, 15) is 0 Å². The van der Waals surface area contributed by atoms with Gasteiger partial charge in [-0.05, 0) is 38.5 Å². The lowest BCUT2D eigenvalue weighted by molar-refractivity contribution is -0.890. The Labute approximate surface area is 154 Å². The molecule has 0 saturated heterocycles. The summed E-state index contributed by atoms with van der Waals surface area (Å²) in [5.74, 6) is 0. The molecule has 0 amide bonds. The monoisotopic (exact) mass is 338 g/mol. The van der Waals surface area contributed by atoms with Gasteiger partial charge in [-0.25, -0.2) is 0 Å². The van der Waals surface area contributed by atoms with Crippen LogP contribution in [0.3, 0.4) is 0 Å². The lowest BCUT2D eigenvalue weighted by atomic mass is 10.1. The Morgan fingerprint density at radius 2 is 0.958 bits per heavy atom. The fourth-order valence-electron chi connectivity index (χ4n) is 3.50. The van der Waals surface area contributed by atoms with Crippen LogP contribution < -0.4 is 0 Å². The van der Waals surface area contributed by atoms with Crippen molar-refractivity contribution in [2.45, 2.75) is 110 Å². The van der Waals surface area contributed by atoms with Crippen LogP contribution in [0, 0.1) is 0 Å². The van der Waals surface area contributed by atoms with Crippen molar-refractivity contribution >= 4 is 0 Å². The second kappa shape index (κ2) is 17.5. The largest absolute Gasteiger partial charge is 0.328 e. The molecule has 0 rings (SSSR count). The summed E-state index contributed by atoms with van der Waals surface area (Å²) in [4.78, 5) is 0. The predicted molar refractivity (Wildman–Crippen MR) is 112 cm³/mol. The zero-order valence-electron chi connectivity index (χ0n) is 17.5. The first kappa shape index (κ1) is 23.7. The zero-order valence-corrected chi connectivity index (χ0v) is 17.5. The Morgan fingerprint density at radius 1 is 0.583 bits per heavy atom. The molecule has 0 unspecified atom stereocenters. The van der Waals surface area contributed by atoms with Gasteiger partial charge in [0.1, 0.15) is 0 Å². The Balaban J connectivity index is 3.34. The van der Waals surface area contributed by atoms with Crippen molar-refractivity contribution < 1.29 is 4.48 Å². The Morgan fingerprint density at radius 3 is 1.38 bits per heavy atom. The van der Waals surface area contributed by atoms with Crippen LogP contribution in [0.1, 0.15) is 110 Å². The van der Waals surface area contributed by atoms with Crippen molar-refractivity contribution in [3.05, 3.63) is 12.7 Å². The molecule has 0 aliphatic carbocycles. The van der Waals surface area contributed by atoms with E-state index in [-0.39, 0.29) is 0 Å². The van der Waals surface area contributed by atoms with Gasteiger partial charge in [0.25, 0.3) is 0 Å². The Kier molecular flexibility index (Phi) is 17.3. The molecule has 0 fully saturated rings. The minimum absolute atomic E-state index is 1.20. The molecule has 0 aromatic rings. The molecule has 0 aliphatic heterocycles. The SMILES string of the molecule is C=CCCCCCCCCC[N+](C)(C)CCCCCCCCCC. The third-order valence-corrected chi connectivity index (χ3v) is 5.29. The molecule has 0 atom stereocenters. The van der Waals surface area contributed by atoms with E-state index in [4.69, 9.17) is 0 Å². The van der Waals surface area contributed by atoms with Gasteiger partial charge in [-0.15, -0.1) is 6.58 Å². The molecule has 0 spiro atoms. The highest BCUT2D eigenvalue weighted by molar-refractivity contribution is 4.65. The molecule has 1 nitrogen and oxygen atoms in total. The second-order valence-corrected chi connectivity index (χ2v) is 8.41. The summed E-state index contributed by atoms with van der Waals surface area (Å²) in [5.41, 5.74) is 0. The lowest BCUT2D eigenvalue weighted by Gasteiger charge is -2.30. The first-order valence-electron chi connectivity index (χ1n) is 11.1. The normalized spacial score (nSPS) is 11.8. The molecule has 144 valence electrons. The summed E-state index contributed by atoms with van der Waals surface area (Å²) in [6.45, 7) is 8.82. The number of hydrogen-bond donors (Lipinski definition) is 0. The van der Waals surface area contributed by atoms with Gasteiger partial charge in [-0.2, -0.15) is 0 Å². The fourth-order valence-corrected chi connectivity index (χ4v) is 3.50. The topological polar surface area (TPSA) is 0 Å². The molecule has 1 heteroatoms. The first-order valence-corrected chi connectivity index (χ1v) is 11.1. The lowest BCUT2D eigenvalue weighted by Crippen LogP contribution is -2.41. The molecular formula is C23H48N+. The molecule has 24 heavy (non-hydrogen) atoms. The van der Waals surface area contributed by atoms with Gasteiger partial charge in [0, 0.05) is 0 Å². The zero-order chi connectivity index (χ0) is 17.9. The Bertz CT molecular complexity index is 257. The van der Waals surface area contributed by atoms with E-state index < -0.39 is 0 Å². The maximum Gasteiger partial charge on any atom is 0.0782 e. The maximum absolute atomic E-state index is 3.79. The highest BCUT2D eigenvalue weighted by atomic mass is 15.3. The van der Waals surface area contributed by atoms with E-state index in [0.29, 0.717) is 0 Å². The molecule has 0 saturated carbocycles. The van der Waals surface area contributed by atoms with Crippen LogP contribution in [0.25, 0.3) is 0 Å². The summed E-state index contributed by atoms with van der Waals surface area (Å²) in [6, 6.07) is 0. The average Bonchev–Trinajstić information content (AvgIpc) is 2.55. The predicted octanol–water partition coefficient (Wildman–Crippen LogP) is 7.51. The van der Waals surface area contributed by atoms with E-state index >= 15 is 0 Å². The van der Waals surface area contributed by atoms with Crippen LogP contribution in [0.2, 0.25) is 0 Å². The molecule has 0 radical (unpaired) electrons. The van der Waals surface area contributed by atoms with E-state index in [1.54, 1.807) is 0 Å². The quantitative estimate of drug-likeness (QED) is 0.130. The summed E-state index contributed by atoms with van der Waals surface area (Å²) < 4.78 is 1.23. The molecule has 0 bridgehead atoms. The molecular weight excluding hydrogens is 290 g/mol. The third kappa shape index (κ3) is 18.0. The number of unbranched alkanes of at least 4 members (excludes halogenated alkanes) is 14. The molecule has 0 aromatic carbocycles. The smallest absolute Gasteiger partial charge is 0.0782 e. The van der Waals surface area contributed by atoms with Crippen LogP contribution >= 0.6 is 0 Å². The minimum Gasteiger partial charge on any atom is -0.328 e. The number of allylic oxidation sites excluding steroid dienone is 1. The van der Waals surface area contributed by atoms with Crippen molar-refractivity contribution in [1.29, 1.82) is 0 Å². The van der Waals surface area contributed by atoms with Gasteiger partial charge >= 0.3 is 0 Å². The highest BCUT2D eigenvalue weighted by Gasteiger charge is 2.13. The number of rotatable bonds is 19. The van der Waals surface area contributed by atoms with Crippen LogP contribution in [0.5, 0.6) is 0 Å². The fraction of sp³-hybridized carbons (Fsp3) is 0.913. The van der Waals surface area contributed by atoms with Crippen molar-refractivity contribution in [3.8, 4) is 0 Å². The van der Waals surface area contributed by atoms with E-state index in [1.807, 2.05) is 6.08 Å². The summed E-state index contributed by atoms with van der Waals surface area (Å²) in [7, 11) is 4.85. The minimum atomic E-state index is 1.20. The van der Waals surface area contributed by atoms with E-state index in [0.717, 1.165) is 0 Å². The van der Waals surface area contributed by atoms with Crippen LogP contribution in [-0.2, 0) is 0 Å². The summed E-state index contributed by atoms with van der Waals surface area (Å²) in [5, 5.41) is 0. The van der Waals surface area contributed by atoms with Crippen molar-refractivity contribution in [2.75, 3.05) is 27.2 Å². The van der Waals surface area contributed by atoms with Crippen molar-refractivity contribution in [2.24, 2.45) is 0 Å². The standard InChI is InChI=1S/C23H48N/c1-5-7-9-11-13-15-17-19-21-23-24(3,4)22-20-18-16-14-12-10-8-6-2/h5H,1,6-23H2,2-4H3/q+1. The van der Waals surface area contributed by atoms with Gasteiger partial charge < -0.3 is 4.48 Å². The van der Waals surface area contributed by atoms with Gasteiger partial charge in [0.05, 0.1) is 27.2 Å². The van der Waals surface area contributed by atoms with Crippen molar-refractivity contribution in [1.82, 2.24) is 0 Å². The van der Waals surface area contributed by atoms with E-state index in [2.05, 4.69) is 27.6 Å². The molecule has 0 N–H and O–H groups in total. The van der Waals surface area contributed by atoms with Gasteiger partial charge in [0.15, 0.2) is 0 Å². The average molecular weight is 339 g/mol. The first-order chi connectivity index (χ1) is 11.6. The van der Waals surface area contributed by atoms with Crippen LogP contribution in [-0.4, -0.2) is 31.7 Å². The number of hydrogen-bond acceptors (Lipinski definition) is 0. The number of nitrogens with zero attached hydrogens (tertiary/aromatic N) is 1. The molecule has 0 aromatic heterocycles. The number of quaternary nitrogens is 1. The van der Waals surface area contributed by atoms with Gasteiger partial charge in [-0.3, -0.25) is 0 Å². The summed E-state index contributed by atoms with van der Waals surface area (Å²) >= 11 is 0. The van der Waals surface area contributed by atoms with Gasteiger partial charge in [0.2, 0.25) is 0 Å². The second-order valence-electron chi connectivity index (χ2n) is 8.41. The molecule has 0 heterocycles.